The number of fused-ring (bicyclic) bond motifs is 1. The van der Waals surface area contributed by atoms with Crippen LogP contribution < -0.4 is 4.72 Å². The molecule has 4 rings (SSSR count). The van der Waals surface area contributed by atoms with Gasteiger partial charge in [0.05, 0.1) is 21.9 Å². The van der Waals surface area contributed by atoms with E-state index in [9.17, 15) is 34.8 Å². The SMILES string of the molecule is O=S(=O)(Nc1cccc(C2=NCCc3cc(C(F)(F)F)ccc32)c1)c1ccc(C(F)(F)F)cc1Cl. The molecule has 1 heterocycles. The van der Waals surface area contributed by atoms with E-state index >= 15 is 0 Å². The van der Waals surface area contributed by atoms with Gasteiger partial charge in [0, 0.05) is 23.4 Å². The van der Waals surface area contributed by atoms with E-state index in [2.05, 4.69) is 9.71 Å². The standard InChI is InChI=1S/C23H15ClF6N2O2S/c24-19-12-16(23(28,29)30)5-7-20(19)35(33,34)32-17-3-1-2-14(11-17)21-18-6-4-15(22(25,26)27)10-13(18)8-9-31-21/h1-7,10-12,32H,8-9H2. The summed E-state index contributed by atoms with van der Waals surface area (Å²) in [5.41, 5.74) is 0.0131. The highest BCUT2D eigenvalue weighted by Crippen LogP contribution is 2.35. The largest absolute Gasteiger partial charge is 0.416 e. The second kappa shape index (κ2) is 8.87. The zero-order valence-corrected chi connectivity index (χ0v) is 19.1. The average Bonchev–Trinajstić information content (AvgIpc) is 2.76. The molecule has 0 fully saturated rings. The van der Waals surface area contributed by atoms with Crippen molar-refractivity contribution in [3.05, 3.63) is 93.5 Å². The highest BCUT2D eigenvalue weighted by Gasteiger charge is 2.33. The molecule has 4 nitrogen and oxygen atoms in total. The van der Waals surface area contributed by atoms with Gasteiger partial charge in [0.1, 0.15) is 4.90 Å². The minimum absolute atomic E-state index is 0.0696. The summed E-state index contributed by atoms with van der Waals surface area (Å²) >= 11 is 5.82. The summed E-state index contributed by atoms with van der Waals surface area (Å²) in [6.45, 7) is 0.251. The van der Waals surface area contributed by atoms with Crippen molar-refractivity contribution in [2.75, 3.05) is 11.3 Å². The highest BCUT2D eigenvalue weighted by atomic mass is 35.5. The van der Waals surface area contributed by atoms with Crippen LogP contribution in [-0.2, 0) is 28.8 Å². The van der Waals surface area contributed by atoms with Crippen LogP contribution in [0, 0.1) is 0 Å². The maximum absolute atomic E-state index is 13.1. The van der Waals surface area contributed by atoms with Gasteiger partial charge < -0.3 is 0 Å². The zero-order chi connectivity index (χ0) is 25.6. The van der Waals surface area contributed by atoms with E-state index in [0.29, 0.717) is 41.0 Å². The number of alkyl halides is 6. The molecule has 0 spiro atoms. The molecule has 0 unspecified atom stereocenters. The molecular weight excluding hydrogens is 518 g/mol. The van der Waals surface area contributed by atoms with Crippen LogP contribution in [0.2, 0.25) is 5.02 Å². The normalized spacial score (nSPS) is 14.3. The fourth-order valence-electron chi connectivity index (χ4n) is 3.66. The molecule has 0 bridgehead atoms. The van der Waals surface area contributed by atoms with Crippen LogP contribution in [0.25, 0.3) is 0 Å². The summed E-state index contributed by atoms with van der Waals surface area (Å²) in [5.74, 6) is 0. The molecule has 0 saturated heterocycles. The number of nitrogens with one attached hydrogen (secondary N) is 1. The van der Waals surface area contributed by atoms with E-state index in [1.54, 1.807) is 6.07 Å². The van der Waals surface area contributed by atoms with Crippen molar-refractivity contribution in [2.45, 2.75) is 23.7 Å². The van der Waals surface area contributed by atoms with Crippen LogP contribution in [0.1, 0.15) is 27.8 Å². The lowest BCUT2D eigenvalue weighted by Gasteiger charge is -2.19. The Morgan fingerprint density at radius 3 is 2.17 bits per heavy atom. The lowest BCUT2D eigenvalue weighted by atomic mass is 9.91. The number of halogens is 7. The Labute approximate surface area is 201 Å². The number of anilines is 1. The molecule has 35 heavy (non-hydrogen) atoms. The van der Waals surface area contributed by atoms with E-state index in [-0.39, 0.29) is 12.2 Å². The van der Waals surface area contributed by atoms with Gasteiger partial charge in [-0.15, -0.1) is 0 Å². The number of hydrogen-bond donors (Lipinski definition) is 1. The van der Waals surface area contributed by atoms with Gasteiger partial charge in [-0.3, -0.25) is 9.71 Å². The molecule has 3 aromatic carbocycles. The van der Waals surface area contributed by atoms with Gasteiger partial charge in [0.2, 0.25) is 0 Å². The minimum Gasteiger partial charge on any atom is -0.284 e. The van der Waals surface area contributed by atoms with E-state index < -0.39 is 43.4 Å². The van der Waals surface area contributed by atoms with Crippen LogP contribution in [0.4, 0.5) is 32.0 Å². The zero-order valence-electron chi connectivity index (χ0n) is 17.5. The number of nitrogens with zero attached hydrogens (tertiary/aromatic N) is 1. The average molecular weight is 533 g/mol. The number of sulfonamides is 1. The predicted molar refractivity (Wildman–Crippen MR) is 119 cm³/mol. The summed E-state index contributed by atoms with van der Waals surface area (Å²) < 4.78 is 106. The summed E-state index contributed by atoms with van der Waals surface area (Å²) in [4.78, 5) is 3.86. The van der Waals surface area contributed by atoms with Crippen molar-refractivity contribution in [3.63, 3.8) is 0 Å². The molecule has 3 aromatic rings. The highest BCUT2D eigenvalue weighted by molar-refractivity contribution is 7.92. The number of rotatable bonds is 4. The first-order chi connectivity index (χ1) is 16.3. The Morgan fingerprint density at radius 1 is 0.857 bits per heavy atom. The lowest BCUT2D eigenvalue weighted by molar-refractivity contribution is -0.138. The predicted octanol–water partition coefficient (Wildman–Crippen LogP) is 6.57. The molecule has 1 aliphatic heterocycles. The molecule has 0 amide bonds. The first kappa shape index (κ1) is 25.1. The molecule has 0 saturated carbocycles. The number of aliphatic imine (C=N–C) groups is 1. The van der Waals surface area contributed by atoms with E-state index in [1.807, 2.05) is 0 Å². The van der Waals surface area contributed by atoms with Gasteiger partial charge in [-0.2, -0.15) is 26.3 Å². The van der Waals surface area contributed by atoms with Gasteiger partial charge in [-0.25, -0.2) is 8.42 Å². The summed E-state index contributed by atoms with van der Waals surface area (Å²) in [6.07, 6.45) is -8.85. The Kier molecular flexibility index (Phi) is 6.35. The molecule has 1 N–H and O–H groups in total. The van der Waals surface area contributed by atoms with E-state index in [1.165, 1.54) is 24.3 Å². The summed E-state index contributed by atoms with van der Waals surface area (Å²) in [7, 11) is -4.35. The third kappa shape index (κ3) is 5.30. The molecule has 0 aromatic heterocycles. The second-order valence-electron chi connectivity index (χ2n) is 7.68. The van der Waals surface area contributed by atoms with Crippen LogP contribution in [0.3, 0.4) is 0 Å². The van der Waals surface area contributed by atoms with Gasteiger partial charge in [0.15, 0.2) is 0 Å². The fraction of sp³-hybridized carbons (Fsp3) is 0.174. The van der Waals surface area contributed by atoms with Crippen molar-refractivity contribution in [2.24, 2.45) is 4.99 Å². The van der Waals surface area contributed by atoms with E-state index in [4.69, 9.17) is 11.6 Å². The minimum atomic E-state index is -4.69. The molecule has 0 atom stereocenters. The van der Waals surface area contributed by atoms with Crippen LogP contribution in [0.5, 0.6) is 0 Å². The van der Waals surface area contributed by atoms with Crippen molar-refractivity contribution >= 4 is 33.0 Å². The molecule has 1 aliphatic rings. The van der Waals surface area contributed by atoms with Crippen molar-refractivity contribution < 1.29 is 34.8 Å². The summed E-state index contributed by atoms with van der Waals surface area (Å²) in [5, 5.41) is -0.602. The van der Waals surface area contributed by atoms with Gasteiger partial charge in [-0.1, -0.05) is 29.8 Å². The second-order valence-corrected chi connectivity index (χ2v) is 9.74. The maximum atomic E-state index is 13.1. The lowest BCUT2D eigenvalue weighted by Crippen LogP contribution is -2.17. The Morgan fingerprint density at radius 2 is 1.51 bits per heavy atom. The Hall–Kier alpha value is -3.05. The van der Waals surface area contributed by atoms with Gasteiger partial charge in [-0.05, 0) is 54.4 Å². The molecule has 0 radical (unpaired) electrons. The van der Waals surface area contributed by atoms with Crippen molar-refractivity contribution in [1.29, 1.82) is 0 Å². The number of hydrogen-bond acceptors (Lipinski definition) is 3. The Bertz CT molecular complexity index is 1430. The van der Waals surface area contributed by atoms with Crippen molar-refractivity contribution in [3.8, 4) is 0 Å². The van der Waals surface area contributed by atoms with Crippen LogP contribution in [-0.4, -0.2) is 20.7 Å². The molecule has 184 valence electrons. The smallest absolute Gasteiger partial charge is 0.284 e. The third-order valence-electron chi connectivity index (χ3n) is 5.28. The third-order valence-corrected chi connectivity index (χ3v) is 7.14. The van der Waals surface area contributed by atoms with Crippen LogP contribution in [0.15, 0.2) is 70.6 Å². The Balaban J connectivity index is 1.64. The van der Waals surface area contributed by atoms with Gasteiger partial charge >= 0.3 is 12.4 Å². The quantitative estimate of drug-likeness (QED) is 0.386. The monoisotopic (exact) mass is 532 g/mol. The maximum Gasteiger partial charge on any atom is 0.416 e. The van der Waals surface area contributed by atoms with E-state index in [0.717, 1.165) is 18.2 Å². The van der Waals surface area contributed by atoms with Crippen molar-refractivity contribution in [1.82, 2.24) is 0 Å². The summed E-state index contributed by atoms with van der Waals surface area (Å²) in [6, 6.07) is 11.2. The molecule has 0 aliphatic carbocycles. The first-order valence-corrected chi connectivity index (χ1v) is 11.9. The fourth-order valence-corrected chi connectivity index (χ4v) is 5.26. The topological polar surface area (TPSA) is 58.5 Å². The number of benzene rings is 3. The first-order valence-electron chi connectivity index (χ1n) is 10.0. The molecule has 12 heteroatoms. The molecular formula is C23H15ClF6N2O2S. The van der Waals surface area contributed by atoms with Crippen LogP contribution >= 0.6 is 11.6 Å². The van der Waals surface area contributed by atoms with Gasteiger partial charge in [0.25, 0.3) is 10.0 Å².